The highest BCUT2D eigenvalue weighted by Gasteiger charge is 2.18. The van der Waals surface area contributed by atoms with Crippen molar-refractivity contribution in [3.8, 4) is 0 Å². The van der Waals surface area contributed by atoms with Crippen LogP contribution in [0.25, 0.3) is 0 Å². The summed E-state index contributed by atoms with van der Waals surface area (Å²) in [5.74, 6) is 0.309. The average molecular weight is 337 g/mol. The molecule has 0 aromatic carbocycles. The second kappa shape index (κ2) is 16.5. The Balaban J connectivity index is 0.000000470. The van der Waals surface area contributed by atoms with E-state index in [0.29, 0.717) is 11.7 Å². The van der Waals surface area contributed by atoms with Crippen LogP contribution in [0.15, 0.2) is 24.3 Å². The van der Waals surface area contributed by atoms with Gasteiger partial charge in [0.2, 0.25) is 0 Å². The van der Waals surface area contributed by atoms with Crippen molar-refractivity contribution >= 4 is 11.8 Å². The number of hydrogen-bond acceptors (Lipinski definition) is 2. The van der Waals surface area contributed by atoms with Gasteiger partial charge in [-0.15, -0.1) is 0 Å². The molecule has 1 fully saturated rings. The topological polar surface area (TPSA) is 54.4 Å². The largest absolute Gasteiger partial charge is 0.481 e. The monoisotopic (exact) mass is 336 g/mol. The number of carbonyl (C=O) groups excluding carboxylic acids is 1. The summed E-state index contributed by atoms with van der Waals surface area (Å²) in [5, 5.41) is 8.25. The van der Waals surface area contributed by atoms with Crippen molar-refractivity contribution in [1.29, 1.82) is 0 Å². The first kappa shape index (κ1) is 22.6. The molecule has 3 nitrogen and oxygen atoms in total. The smallest absolute Gasteiger partial charge is 0.303 e. The number of carboxylic acid groups (broad SMARTS) is 1. The van der Waals surface area contributed by atoms with E-state index in [1.54, 1.807) is 0 Å². The van der Waals surface area contributed by atoms with E-state index < -0.39 is 5.97 Å². The van der Waals surface area contributed by atoms with E-state index in [0.717, 1.165) is 38.5 Å². The first-order valence-electron chi connectivity index (χ1n) is 9.65. The molecule has 1 atom stereocenters. The minimum Gasteiger partial charge on any atom is -0.481 e. The van der Waals surface area contributed by atoms with Gasteiger partial charge in [-0.3, -0.25) is 9.59 Å². The summed E-state index contributed by atoms with van der Waals surface area (Å²) in [6.07, 6.45) is 20.8. The second-order valence-electron chi connectivity index (χ2n) is 6.48. The van der Waals surface area contributed by atoms with Crippen LogP contribution >= 0.6 is 0 Å². The molecule has 1 saturated carbocycles. The van der Waals surface area contributed by atoms with Gasteiger partial charge in [-0.2, -0.15) is 0 Å². The molecule has 0 saturated heterocycles. The molecule has 1 N–H and O–H groups in total. The van der Waals surface area contributed by atoms with Crippen LogP contribution in [0, 0.1) is 5.92 Å². The molecule has 24 heavy (non-hydrogen) atoms. The highest BCUT2D eigenvalue weighted by molar-refractivity contribution is 5.80. The fourth-order valence-electron chi connectivity index (χ4n) is 2.64. The Bertz CT molecular complexity index is 383. The van der Waals surface area contributed by atoms with Gasteiger partial charge in [0, 0.05) is 19.3 Å². The van der Waals surface area contributed by atoms with Gasteiger partial charge in [0.05, 0.1) is 0 Å². The van der Waals surface area contributed by atoms with Crippen LogP contribution in [0.5, 0.6) is 0 Å². The molecule has 0 aromatic heterocycles. The lowest BCUT2D eigenvalue weighted by molar-refractivity contribution is -0.137. The fraction of sp³-hybridized carbons (Fsp3) is 0.714. The summed E-state index contributed by atoms with van der Waals surface area (Å²) in [6.45, 7) is 4.30. The van der Waals surface area contributed by atoms with Gasteiger partial charge < -0.3 is 5.11 Å². The van der Waals surface area contributed by atoms with Crippen molar-refractivity contribution in [3.05, 3.63) is 24.3 Å². The molecule has 0 aliphatic heterocycles. The molecule has 1 rings (SSSR count). The van der Waals surface area contributed by atoms with Gasteiger partial charge in [-0.1, -0.05) is 57.4 Å². The molecule has 0 spiro atoms. The van der Waals surface area contributed by atoms with Crippen LogP contribution in [0.3, 0.4) is 0 Å². The third kappa shape index (κ3) is 15.5. The van der Waals surface area contributed by atoms with Gasteiger partial charge in [-0.25, -0.2) is 0 Å². The molecule has 138 valence electrons. The van der Waals surface area contributed by atoms with Gasteiger partial charge >= 0.3 is 5.97 Å². The van der Waals surface area contributed by atoms with Crippen LogP contribution in [0.4, 0.5) is 0 Å². The second-order valence-corrected chi connectivity index (χ2v) is 6.48. The number of allylic oxidation sites excluding steroid dienone is 4. The predicted molar refractivity (Wildman–Crippen MR) is 101 cm³/mol. The summed E-state index contributed by atoms with van der Waals surface area (Å²) in [6, 6.07) is 0. The van der Waals surface area contributed by atoms with E-state index in [1.807, 2.05) is 6.08 Å². The van der Waals surface area contributed by atoms with Crippen molar-refractivity contribution in [2.24, 2.45) is 5.92 Å². The predicted octanol–water partition coefficient (Wildman–Crippen LogP) is 6.09. The van der Waals surface area contributed by atoms with E-state index in [9.17, 15) is 9.59 Å². The van der Waals surface area contributed by atoms with E-state index in [4.69, 9.17) is 5.11 Å². The Labute approximate surface area is 148 Å². The van der Waals surface area contributed by atoms with Gasteiger partial charge in [0.1, 0.15) is 5.78 Å². The highest BCUT2D eigenvalue weighted by Crippen LogP contribution is 2.23. The van der Waals surface area contributed by atoms with Crippen LogP contribution in [0.2, 0.25) is 0 Å². The van der Waals surface area contributed by atoms with Gasteiger partial charge in [0.15, 0.2) is 0 Å². The van der Waals surface area contributed by atoms with E-state index in [-0.39, 0.29) is 6.42 Å². The maximum atomic E-state index is 11.0. The van der Waals surface area contributed by atoms with Crippen LogP contribution in [0.1, 0.15) is 90.9 Å². The zero-order chi connectivity index (χ0) is 18.0. The van der Waals surface area contributed by atoms with Gasteiger partial charge in [-0.05, 0) is 44.4 Å². The van der Waals surface area contributed by atoms with Crippen LogP contribution in [-0.4, -0.2) is 16.9 Å². The minimum absolute atomic E-state index is 0.286. The number of aliphatic carboxylic acids is 1. The van der Waals surface area contributed by atoms with Crippen molar-refractivity contribution in [2.45, 2.75) is 90.9 Å². The third-order valence-corrected chi connectivity index (χ3v) is 4.08. The molecular weight excluding hydrogens is 300 g/mol. The SMILES string of the molecule is CC/C=C\CCCC(=O)O.CCCCCC/C=C/C1CCC(=O)C1. The van der Waals surface area contributed by atoms with Crippen molar-refractivity contribution in [2.75, 3.05) is 0 Å². The Morgan fingerprint density at radius 3 is 2.42 bits per heavy atom. The van der Waals surface area contributed by atoms with Gasteiger partial charge in [0.25, 0.3) is 0 Å². The van der Waals surface area contributed by atoms with Crippen molar-refractivity contribution in [1.82, 2.24) is 0 Å². The Morgan fingerprint density at radius 2 is 1.83 bits per heavy atom. The number of rotatable bonds is 11. The molecule has 1 unspecified atom stereocenters. The maximum Gasteiger partial charge on any atom is 0.303 e. The number of carbonyl (C=O) groups is 2. The number of carboxylic acids is 1. The number of Topliss-reactive ketones (excluding diaryl/α,β-unsaturated/α-hetero) is 1. The van der Waals surface area contributed by atoms with Crippen LogP contribution in [-0.2, 0) is 9.59 Å². The zero-order valence-corrected chi connectivity index (χ0v) is 15.6. The number of hydrogen-bond donors (Lipinski definition) is 1. The number of unbranched alkanes of at least 4 members (excludes halogenated alkanes) is 5. The molecule has 1 aliphatic carbocycles. The first-order chi connectivity index (χ1) is 11.6. The summed E-state index contributed by atoms with van der Waals surface area (Å²) < 4.78 is 0. The van der Waals surface area contributed by atoms with Crippen LogP contribution < -0.4 is 0 Å². The lowest BCUT2D eigenvalue weighted by atomic mass is 10.1. The molecule has 0 heterocycles. The zero-order valence-electron chi connectivity index (χ0n) is 15.6. The summed E-state index contributed by atoms with van der Waals surface area (Å²) in [7, 11) is 0. The quantitative estimate of drug-likeness (QED) is 0.367. The third-order valence-electron chi connectivity index (χ3n) is 4.08. The molecule has 1 aliphatic rings. The van der Waals surface area contributed by atoms with E-state index >= 15 is 0 Å². The maximum absolute atomic E-state index is 11.0. The molecule has 3 heteroatoms. The van der Waals surface area contributed by atoms with E-state index in [1.165, 1.54) is 32.1 Å². The average Bonchev–Trinajstić information content (AvgIpc) is 2.96. The lowest BCUT2D eigenvalue weighted by Crippen LogP contribution is -1.92. The fourth-order valence-corrected chi connectivity index (χ4v) is 2.64. The standard InChI is InChI=1S/C13H22O.C8H14O2/c1-2-3-4-5-6-7-8-12-9-10-13(14)11-12;1-2-3-4-5-6-7-8(9)10/h7-8,12H,2-6,9-11H2,1H3;3-4H,2,5-7H2,1H3,(H,9,10)/b8-7+;4-3-. The Morgan fingerprint density at radius 1 is 1.08 bits per heavy atom. The summed E-state index contributed by atoms with van der Waals surface area (Å²) >= 11 is 0. The summed E-state index contributed by atoms with van der Waals surface area (Å²) in [4.78, 5) is 21.0. The summed E-state index contributed by atoms with van der Waals surface area (Å²) in [5.41, 5.74) is 0. The molecular formula is C21H36O3. The van der Waals surface area contributed by atoms with Crippen molar-refractivity contribution < 1.29 is 14.7 Å². The van der Waals surface area contributed by atoms with Crippen molar-refractivity contribution in [3.63, 3.8) is 0 Å². The number of ketones is 1. The minimum atomic E-state index is -0.704. The molecule has 0 aromatic rings. The Kier molecular flexibility index (Phi) is 15.5. The lowest BCUT2D eigenvalue weighted by Gasteiger charge is -1.99. The normalized spacial score (nSPS) is 17.4. The molecule has 0 bridgehead atoms. The Hall–Kier alpha value is -1.38. The first-order valence-corrected chi connectivity index (χ1v) is 9.65. The molecule has 0 amide bonds. The van der Waals surface area contributed by atoms with E-state index in [2.05, 4.69) is 32.1 Å². The molecule has 0 radical (unpaired) electrons. The highest BCUT2D eigenvalue weighted by atomic mass is 16.4.